The van der Waals surface area contributed by atoms with E-state index in [0.717, 1.165) is 31.7 Å². The van der Waals surface area contributed by atoms with Gasteiger partial charge in [0.15, 0.2) is 0 Å². The second-order valence-corrected chi connectivity index (χ2v) is 8.45. The highest BCUT2D eigenvalue weighted by atomic mass is 19.1. The minimum absolute atomic E-state index is 0.0000876. The summed E-state index contributed by atoms with van der Waals surface area (Å²) in [6.45, 7) is 2.52. The molecule has 1 saturated carbocycles. The third-order valence-electron chi connectivity index (χ3n) is 6.41. The summed E-state index contributed by atoms with van der Waals surface area (Å²) in [4.78, 5) is 40.3. The van der Waals surface area contributed by atoms with Gasteiger partial charge in [0.1, 0.15) is 17.5 Å². The lowest BCUT2D eigenvalue weighted by Gasteiger charge is -2.37. The van der Waals surface area contributed by atoms with Crippen molar-refractivity contribution in [1.82, 2.24) is 9.47 Å². The van der Waals surface area contributed by atoms with Gasteiger partial charge in [0, 0.05) is 50.4 Å². The maximum atomic E-state index is 15.0. The predicted molar refractivity (Wildman–Crippen MR) is 111 cm³/mol. The van der Waals surface area contributed by atoms with Crippen LogP contribution in [0.25, 0.3) is 10.9 Å². The SMILES string of the molecule is O=C(O)c1cn(C2CC2)c2cc(N3CCN(C(=O)[C@H]4CCCO4)CC3)c(F)cc2c1=O. The van der Waals surface area contributed by atoms with Crippen molar-refractivity contribution < 1.29 is 23.8 Å². The summed E-state index contributed by atoms with van der Waals surface area (Å²) in [5, 5.41) is 9.45. The lowest BCUT2D eigenvalue weighted by Crippen LogP contribution is -2.51. The molecule has 164 valence electrons. The second-order valence-electron chi connectivity index (χ2n) is 8.45. The monoisotopic (exact) mass is 429 g/mol. The molecule has 3 heterocycles. The predicted octanol–water partition coefficient (Wildman–Crippen LogP) is 2.00. The van der Waals surface area contributed by atoms with Gasteiger partial charge in [-0.05, 0) is 37.8 Å². The molecule has 2 aliphatic heterocycles. The van der Waals surface area contributed by atoms with E-state index in [0.29, 0.717) is 44.0 Å². The number of hydrogen-bond acceptors (Lipinski definition) is 5. The molecule has 1 N–H and O–H groups in total. The van der Waals surface area contributed by atoms with Crippen LogP contribution in [0.1, 0.15) is 42.1 Å². The van der Waals surface area contributed by atoms with Crippen LogP contribution in [0.15, 0.2) is 23.1 Å². The molecule has 1 amide bonds. The molecule has 1 aromatic heterocycles. The van der Waals surface area contributed by atoms with Crippen molar-refractivity contribution in [3.8, 4) is 0 Å². The molecule has 0 radical (unpaired) electrons. The van der Waals surface area contributed by atoms with Crippen molar-refractivity contribution >= 4 is 28.5 Å². The van der Waals surface area contributed by atoms with Crippen molar-refractivity contribution in [2.24, 2.45) is 0 Å². The molecule has 0 unspecified atom stereocenters. The van der Waals surface area contributed by atoms with Crippen LogP contribution in [-0.4, -0.2) is 65.3 Å². The summed E-state index contributed by atoms with van der Waals surface area (Å²) in [6, 6.07) is 2.93. The number of carbonyl (C=O) groups excluding carboxylic acids is 1. The van der Waals surface area contributed by atoms with Crippen molar-refractivity contribution in [3.63, 3.8) is 0 Å². The topological polar surface area (TPSA) is 92.1 Å². The van der Waals surface area contributed by atoms with Gasteiger partial charge in [-0.3, -0.25) is 9.59 Å². The Morgan fingerprint density at radius 2 is 1.84 bits per heavy atom. The number of rotatable bonds is 4. The third-order valence-corrected chi connectivity index (χ3v) is 6.41. The fourth-order valence-electron chi connectivity index (χ4n) is 4.55. The quantitative estimate of drug-likeness (QED) is 0.799. The molecule has 3 fully saturated rings. The van der Waals surface area contributed by atoms with Crippen LogP contribution in [0, 0.1) is 5.82 Å². The van der Waals surface area contributed by atoms with Crippen LogP contribution in [0.2, 0.25) is 0 Å². The summed E-state index contributed by atoms with van der Waals surface area (Å²) < 4.78 is 22.3. The van der Waals surface area contributed by atoms with Gasteiger partial charge in [0.25, 0.3) is 5.91 Å². The minimum Gasteiger partial charge on any atom is -0.477 e. The van der Waals surface area contributed by atoms with Gasteiger partial charge in [-0.1, -0.05) is 0 Å². The molecule has 1 atom stereocenters. The molecule has 5 rings (SSSR count). The highest BCUT2D eigenvalue weighted by molar-refractivity contribution is 5.93. The van der Waals surface area contributed by atoms with E-state index in [1.165, 1.54) is 6.20 Å². The molecule has 2 aromatic rings. The molecule has 3 aliphatic rings. The molecular formula is C22H24FN3O5. The van der Waals surface area contributed by atoms with E-state index >= 15 is 4.39 Å². The van der Waals surface area contributed by atoms with Crippen molar-refractivity contribution in [2.45, 2.75) is 37.8 Å². The average Bonchev–Trinajstić information content (AvgIpc) is 3.46. The molecule has 31 heavy (non-hydrogen) atoms. The third kappa shape index (κ3) is 3.56. The van der Waals surface area contributed by atoms with E-state index in [-0.39, 0.29) is 29.0 Å². The maximum Gasteiger partial charge on any atom is 0.341 e. The Kier molecular flexibility index (Phi) is 4.92. The summed E-state index contributed by atoms with van der Waals surface area (Å²) in [7, 11) is 0. The number of benzene rings is 1. The number of fused-ring (bicyclic) bond motifs is 1. The van der Waals surface area contributed by atoms with Gasteiger partial charge < -0.3 is 24.2 Å². The van der Waals surface area contributed by atoms with E-state index in [4.69, 9.17) is 4.74 Å². The van der Waals surface area contributed by atoms with Gasteiger partial charge in [-0.2, -0.15) is 0 Å². The number of hydrogen-bond donors (Lipinski definition) is 1. The zero-order valence-electron chi connectivity index (χ0n) is 17.1. The largest absolute Gasteiger partial charge is 0.477 e. The lowest BCUT2D eigenvalue weighted by molar-refractivity contribution is -0.141. The fourth-order valence-corrected chi connectivity index (χ4v) is 4.55. The van der Waals surface area contributed by atoms with Gasteiger partial charge in [-0.25, -0.2) is 9.18 Å². The van der Waals surface area contributed by atoms with Crippen LogP contribution in [0.3, 0.4) is 0 Å². The first-order valence-electron chi connectivity index (χ1n) is 10.7. The molecule has 0 spiro atoms. The van der Waals surface area contributed by atoms with Crippen LogP contribution in [0.5, 0.6) is 0 Å². The average molecular weight is 429 g/mol. The Balaban J connectivity index is 1.44. The number of nitrogens with zero attached hydrogens (tertiary/aromatic N) is 3. The number of anilines is 1. The minimum atomic E-state index is -1.31. The van der Waals surface area contributed by atoms with Crippen LogP contribution in [0.4, 0.5) is 10.1 Å². The number of carboxylic acids is 1. The fraction of sp³-hybridized carbons (Fsp3) is 0.500. The number of halogens is 1. The highest BCUT2D eigenvalue weighted by Crippen LogP contribution is 2.38. The first-order chi connectivity index (χ1) is 14.9. The van der Waals surface area contributed by atoms with E-state index in [9.17, 15) is 19.5 Å². The highest BCUT2D eigenvalue weighted by Gasteiger charge is 2.32. The van der Waals surface area contributed by atoms with Gasteiger partial charge >= 0.3 is 5.97 Å². The Hall–Kier alpha value is -2.94. The molecule has 0 bridgehead atoms. The first kappa shape index (κ1) is 20.0. The molecule has 1 aliphatic carbocycles. The molecule has 8 nitrogen and oxygen atoms in total. The number of aromatic carboxylic acids is 1. The summed E-state index contributed by atoms with van der Waals surface area (Å²) in [5.41, 5.74) is -0.0926. The Labute approximate surface area is 177 Å². The van der Waals surface area contributed by atoms with Crippen LogP contribution < -0.4 is 10.3 Å². The van der Waals surface area contributed by atoms with Crippen molar-refractivity contribution in [1.29, 1.82) is 0 Å². The van der Waals surface area contributed by atoms with Gasteiger partial charge in [-0.15, -0.1) is 0 Å². The summed E-state index contributed by atoms with van der Waals surface area (Å²) in [5.74, 6) is -1.87. The van der Waals surface area contributed by atoms with Crippen molar-refractivity contribution in [3.05, 3.63) is 39.9 Å². The Morgan fingerprint density at radius 3 is 2.45 bits per heavy atom. The number of carboxylic acid groups (broad SMARTS) is 1. The standard InChI is InChI=1S/C22H24FN3O5/c23-16-10-14-17(26(13-3-4-13)12-15(20(14)27)22(29)30)11-18(16)24-5-7-25(8-6-24)21(28)19-2-1-9-31-19/h10-13,19H,1-9H2,(H,29,30)/t19-/m1/s1. The Bertz CT molecular complexity index is 1110. The van der Waals surface area contributed by atoms with Gasteiger partial charge in [0.2, 0.25) is 5.43 Å². The van der Waals surface area contributed by atoms with E-state index in [1.54, 1.807) is 15.5 Å². The zero-order chi connectivity index (χ0) is 21.7. The van der Waals surface area contributed by atoms with Crippen LogP contribution in [-0.2, 0) is 9.53 Å². The van der Waals surface area contributed by atoms with E-state index < -0.39 is 17.2 Å². The molecule has 1 aromatic carbocycles. The molecular weight excluding hydrogens is 405 g/mol. The number of piperazine rings is 1. The van der Waals surface area contributed by atoms with E-state index in [2.05, 4.69) is 0 Å². The normalized spacial score (nSPS) is 21.6. The number of amides is 1. The van der Waals surface area contributed by atoms with E-state index in [1.807, 2.05) is 4.90 Å². The summed E-state index contributed by atoms with van der Waals surface area (Å²) >= 11 is 0. The van der Waals surface area contributed by atoms with Crippen LogP contribution >= 0.6 is 0 Å². The smallest absolute Gasteiger partial charge is 0.341 e. The number of aromatic nitrogens is 1. The maximum absolute atomic E-state index is 15.0. The Morgan fingerprint density at radius 1 is 1.10 bits per heavy atom. The number of pyridine rings is 1. The molecule has 9 heteroatoms. The molecule has 2 saturated heterocycles. The number of carbonyl (C=O) groups is 2. The van der Waals surface area contributed by atoms with Gasteiger partial charge in [0.05, 0.1) is 11.2 Å². The second kappa shape index (κ2) is 7.64. The lowest BCUT2D eigenvalue weighted by atomic mass is 10.1. The zero-order valence-corrected chi connectivity index (χ0v) is 17.1. The van der Waals surface area contributed by atoms with Crippen molar-refractivity contribution in [2.75, 3.05) is 37.7 Å². The first-order valence-corrected chi connectivity index (χ1v) is 10.7. The summed E-state index contributed by atoms with van der Waals surface area (Å²) in [6.07, 6.45) is 4.45. The number of ether oxygens (including phenoxy) is 1.